The highest BCUT2D eigenvalue weighted by Crippen LogP contribution is 2.20. The van der Waals surface area contributed by atoms with Crippen LogP contribution in [0.1, 0.15) is 5.76 Å². The molecule has 0 bridgehead atoms. The van der Waals surface area contributed by atoms with E-state index in [1.54, 1.807) is 30.3 Å². The molecule has 126 valence electrons. The van der Waals surface area contributed by atoms with Crippen molar-refractivity contribution < 1.29 is 18.7 Å². The van der Waals surface area contributed by atoms with E-state index in [4.69, 9.17) is 14.9 Å². The van der Waals surface area contributed by atoms with E-state index < -0.39 is 5.91 Å². The van der Waals surface area contributed by atoms with E-state index in [1.165, 1.54) is 6.08 Å². The van der Waals surface area contributed by atoms with E-state index in [1.807, 2.05) is 30.3 Å². The molecular weight excluding hydrogens is 320 g/mol. The van der Waals surface area contributed by atoms with Crippen molar-refractivity contribution in [3.8, 4) is 5.75 Å². The Morgan fingerprint density at radius 3 is 2.60 bits per heavy atom. The smallest absolute Gasteiger partial charge is 0.255 e. The highest BCUT2D eigenvalue weighted by Gasteiger charge is 2.03. The number of nitrogens with two attached hydrogens (primary N) is 1. The Morgan fingerprint density at radius 1 is 1.12 bits per heavy atom. The van der Waals surface area contributed by atoms with Crippen LogP contribution in [0.15, 0.2) is 65.1 Å². The van der Waals surface area contributed by atoms with Crippen molar-refractivity contribution >= 4 is 34.5 Å². The first kappa shape index (κ1) is 16.3. The summed E-state index contributed by atoms with van der Waals surface area (Å²) in [6.07, 6.45) is 3.01. The quantitative estimate of drug-likeness (QED) is 0.677. The van der Waals surface area contributed by atoms with Crippen molar-refractivity contribution in [2.24, 2.45) is 5.73 Å². The van der Waals surface area contributed by atoms with Gasteiger partial charge >= 0.3 is 0 Å². The largest absolute Gasteiger partial charge is 0.484 e. The van der Waals surface area contributed by atoms with E-state index in [9.17, 15) is 9.59 Å². The van der Waals surface area contributed by atoms with Gasteiger partial charge in [-0.3, -0.25) is 9.59 Å². The number of ether oxygens (including phenoxy) is 1. The van der Waals surface area contributed by atoms with Gasteiger partial charge in [-0.25, -0.2) is 0 Å². The van der Waals surface area contributed by atoms with Crippen molar-refractivity contribution in [3.05, 3.63) is 66.4 Å². The molecule has 3 N–H and O–H groups in total. The third-order valence-electron chi connectivity index (χ3n) is 3.35. The second-order valence-corrected chi connectivity index (χ2v) is 5.29. The third kappa shape index (κ3) is 4.48. The molecule has 1 heterocycles. The maximum absolute atomic E-state index is 12.0. The number of benzene rings is 2. The molecule has 0 unspecified atom stereocenters. The van der Waals surface area contributed by atoms with Crippen LogP contribution in [-0.2, 0) is 9.59 Å². The lowest BCUT2D eigenvalue weighted by Crippen LogP contribution is -2.20. The first-order chi connectivity index (χ1) is 12.1. The summed E-state index contributed by atoms with van der Waals surface area (Å²) in [5.74, 6) is 0.264. The zero-order valence-electron chi connectivity index (χ0n) is 13.3. The van der Waals surface area contributed by atoms with Gasteiger partial charge in [0.15, 0.2) is 6.61 Å². The summed E-state index contributed by atoms with van der Waals surface area (Å²) in [6.45, 7) is -0.189. The first-order valence-electron chi connectivity index (χ1n) is 7.59. The Hall–Kier alpha value is -3.54. The molecule has 0 fully saturated rings. The molecule has 6 heteroatoms. The molecule has 3 rings (SSSR count). The topological polar surface area (TPSA) is 94.6 Å². The van der Waals surface area contributed by atoms with Crippen molar-refractivity contribution in [1.29, 1.82) is 0 Å². The molecule has 0 saturated heterocycles. The average molecular weight is 336 g/mol. The van der Waals surface area contributed by atoms with Crippen molar-refractivity contribution in [2.75, 3.05) is 11.9 Å². The summed E-state index contributed by atoms with van der Waals surface area (Å²) >= 11 is 0. The number of rotatable bonds is 6. The summed E-state index contributed by atoms with van der Waals surface area (Å²) in [5.41, 5.74) is 6.38. The van der Waals surface area contributed by atoms with Crippen LogP contribution in [0.3, 0.4) is 0 Å². The maximum Gasteiger partial charge on any atom is 0.255 e. The minimum Gasteiger partial charge on any atom is -0.484 e. The number of fused-ring (bicyclic) bond motifs is 1. The predicted molar refractivity (Wildman–Crippen MR) is 95.0 cm³/mol. The van der Waals surface area contributed by atoms with Gasteiger partial charge in [0.1, 0.15) is 17.1 Å². The number of hydrogen-bond donors (Lipinski definition) is 2. The summed E-state index contributed by atoms with van der Waals surface area (Å²) in [7, 11) is 0. The van der Waals surface area contributed by atoms with Crippen LogP contribution in [0.5, 0.6) is 5.75 Å². The number of carbonyl (C=O) groups is 2. The summed E-state index contributed by atoms with van der Waals surface area (Å²) in [4.78, 5) is 22.6. The van der Waals surface area contributed by atoms with Gasteiger partial charge in [-0.15, -0.1) is 0 Å². The zero-order valence-corrected chi connectivity index (χ0v) is 13.3. The molecule has 6 nitrogen and oxygen atoms in total. The Morgan fingerprint density at radius 2 is 1.88 bits per heavy atom. The van der Waals surface area contributed by atoms with Crippen molar-refractivity contribution in [1.82, 2.24) is 0 Å². The van der Waals surface area contributed by atoms with Crippen LogP contribution >= 0.6 is 0 Å². The second-order valence-electron chi connectivity index (χ2n) is 5.29. The second kappa shape index (κ2) is 7.35. The van der Waals surface area contributed by atoms with Crippen LogP contribution in [-0.4, -0.2) is 18.4 Å². The van der Waals surface area contributed by atoms with Gasteiger partial charge in [0.25, 0.3) is 5.91 Å². The molecular formula is C19H16N2O4. The molecule has 25 heavy (non-hydrogen) atoms. The third-order valence-corrected chi connectivity index (χ3v) is 3.35. The van der Waals surface area contributed by atoms with Gasteiger partial charge in [0.2, 0.25) is 5.91 Å². The highest BCUT2D eigenvalue weighted by atomic mass is 16.5. The molecule has 3 aromatic rings. The minimum atomic E-state index is -0.548. The van der Waals surface area contributed by atoms with Crippen LogP contribution in [0.25, 0.3) is 17.0 Å². The number of primary amides is 1. The van der Waals surface area contributed by atoms with Crippen LogP contribution in [0.2, 0.25) is 0 Å². The van der Waals surface area contributed by atoms with E-state index in [2.05, 4.69) is 5.32 Å². The maximum atomic E-state index is 12.0. The fourth-order valence-electron chi connectivity index (χ4n) is 2.22. The Labute approximate surface area is 143 Å². The average Bonchev–Trinajstić information content (AvgIpc) is 3.02. The normalized spacial score (nSPS) is 10.9. The van der Waals surface area contributed by atoms with Gasteiger partial charge < -0.3 is 20.2 Å². The van der Waals surface area contributed by atoms with E-state index in [0.717, 1.165) is 11.0 Å². The Balaban J connectivity index is 1.59. The lowest BCUT2D eigenvalue weighted by molar-refractivity contribution is -0.120. The van der Waals surface area contributed by atoms with Crippen LogP contribution < -0.4 is 15.8 Å². The van der Waals surface area contributed by atoms with Gasteiger partial charge in [0.05, 0.1) is 0 Å². The lowest BCUT2D eigenvalue weighted by atomic mass is 10.2. The molecule has 2 aromatic carbocycles. The predicted octanol–water partition coefficient (Wildman–Crippen LogP) is 2.95. The molecule has 1 aromatic heterocycles. The van der Waals surface area contributed by atoms with E-state index in [0.29, 0.717) is 17.2 Å². The first-order valence-corrected chi connectivity index (χ1v) is 7.59. The number of para-hydroxylation sites is 1. The molecule has 0 atom stereocenters. The summed E-state index contributed by atoms with van der Waals surface area (Å²) in [5, 5.41) is 3.70. The number of nitrogens with one attached hydrogen (secondary N) is 1. The van der Waals surface area contributed by atoms with E-state index in [-0.39, 0.29) is 12.5 Å². The van der Waals surface area contributed by atoms with Gasteiger partial charge in [-0.2, -0.15) is 0 Å². The molecule has 0 aliphatic rings. The molecule has 0 aliphatic heterocycles. The minimum absolute atomic E-state index is 0.189. The standard InChI is InChI=1S/C19H16N2O4/c20-18(22)12-24-15-7-5-14(6-8-15)21-19(23)10-9-16-11-13-3-1-2-4-17(13)25-16/h1-11H,12H2,(H2,20,22)(H,21,23)/b10-9+. The fourth-order valence-corrected chi connectivity index (χ4v) is 2.22. The van der Waals surface area contributed by atoms with Crippen molar-refractivity contribution in [2.45, 2.75) is 0 Å². The lowest BCUT2D eigenvalue weighted by Gasteiger charge is -2.05. The summed E-state index contributed by atoms with van der Waals surface area (Å²) in [6, 6.07) is 16.1. The molecule has 0 saturated carbocycles. The monoisotopic (exact) mass is 336 g/mol. The van der Waals surface area contributed by atoms with Crippen molar-refractivity contribution in [3.63, 3.8) is 0 Å². The number of furan rings is 1. The van der Waals surface area contributed by atoms with Gasteiger partial charge in [0, 0.05) is 17.1 Å². The number of hydrogen-bond acceptors (Lipinski definition) is 4. The zero-order chi connectivity index (χ0) is 17.6. The number of anilines is 1. The van der Waals surface area contributed by atoms with E-state index >= 15 is 0 Å². The molecule has 2 amide bonds. The van der Waals surface area contributed by atoms with Gasteiger partial charge in [-0.1, -0.05) is 18.2 Å². The van der Waals surface area contributed by atoms with Crippen LogP contribution in [0, 0.1) is 0 Å². The Kier molecular flexibility index (Phi) is 4.80. The summed E-state index contributed by atoms with van der Waals surface area (Å²) < 4.78 is 10.8. The number of carbonyl (C=O) groups excluding carboxylic acids is 2. The Bertz CT molecular complexity index is 893. The molecule has 0 spiro atoms. The SMILES string of the molecule is NC(=O)COc1ccc(NC(=O)/C=C/c2cc3ccccc3o2)cc1. The number of amides is 2. The fraction of sp³-hybridized carbons (Fsp3) is 0.0526. The molecule has 0 aliphatic carbocycles. The van der Waals surface area contributed by atoms with Crippen LogP contribution in [0.4, 0.5) is 5.69 Å². The molecule has 0 radical (unpaired) electrons. The van der Waals surface area contributed by atoms with Gasteiger partial charge in [-0.05, 0) is 42.5 Å². The highest BCUT2D eigenvalue weighted by molar-refractivity contribution is 6.02.